The molecule has 0 saturated heterocycles. The van der Waals surface area contributed by atoms with Crippen LogP contribution in [0.15, 0.2) is 18.2 Å². The Kier molecular flexibility index (Phi) is 7.20. The maximum Gasteiger partial charge on any atom is 0.407 e. The molecule has 0 aliphatic rings. The van der Waals surface area contributed by atoms with Gasteiger partial charge in [0, 0.05) is 13.1 Å². The molecule has 0 saturated carbocycles. The number of anilines is 1. The van der Waals surface area contributed by atoms with Gasteiger partial charge in [-0.2, -0.15) is 0 Å². The van der Waals surface area contributed by atoms with Crippen LogP contribution in [0.3, 0.4) is 0 Å². The second-order valence-electron chi connectivity index (χ2n) is 7.20. The van der Waals surface area contributed by atoms with E-state index in [1.165, 1.54) is 0 Å². The molecule has 0 heterocycles. The lowest BCUT2D eigenvalue weighted by Gasteiger charge is -2.25. The van der Waals surface area contributed by atoms with E-state index in [4.69, 9.17) is 16.3 Å². The Morgan fingerprint density at radius 1 is 1.26 bits per heavy atom. The van der Waals surface area contributed by atoms with Gasteiger partial charge in [0.05, 0.1) is 10.7 Å². The predicted octanol–water partition coefficient (Wildman–Crippen LogP) is 4.86. The molecule has 1 unspecified atom stereocenters. The molecule has 0 aromatic heterocycles. The number of rotatable bonds is 6. The molecule has 0 radical (unpaired) electrons. The Labute approximate surface area is 144 Å². The smallest absolute Gasteiger partial charge is 0.407 e. The molecule has 4 nitrogen and oxygen atoms in total. The first-order valence-electron chi connectivity index (χ1n) is 8.06. The molecule has 130 valence electrons. The van der Waals surface area contributed by atoms with Crippen molar-refractivity contribution in [2.24, 2.45) is 11.8 Å². The first-order valence-corrected chi connectivity index (χ1v) is 8.43. The van der Waals surface area contributed by atoms with E-state index in [1.807, 2.05) is 45.9 Å². The molecule has 1 aromatic carbocycles. The second-order valence-corrected chi connectivity index (χ2v) is 7.61. The number of hydrogen-bond acceptors (Lipinski definition) is 3. The lowest BCUT2D eigenvalue weighted by molar-refractivity contribution is 0.0516. The van der Waals surface area contributed by atoms with Crippen molar-refractivity contribution in [1.29, 1.82) is 0 Å². The number of aryl methyl sites for hydroxylation is 1. The topological polar surface area (TPSA) is 50.4 Å². The van der Waals surface area contributed by atoms with Crippen LogP contribution in [0, 0.1) is 18.8 Å². The molecule has 2 N–H and O–H groups in total. The van der Waals surface area contributed by atoms with E-state index in [9.17, 15) is 4.79 Å². The molecule has 0 aliphatic heterocycles. The van der Waals surface area contributed by atoms with E-state index in [2.05, 4.69) is 24.5 Å². The minimum atomic E-state index is -0.482. The minimum Gasteiger partial charge on any atom is -0.444 e. The van der Waals surface area contributed by atoms with Gasteiger partial charge in [0.1, 0.15) is 5.60 Å². The number of amides is 1. The van der Waals surface area contributed by atoms with Crippen molar-refractivity contribution in [1.82, 2.24) is 5.32 Å². The number of carbonyl (C=O) groups excluding carboxylic acids is 1. The van der Waals surface area contributed by atoms with Crippen LogP contribution in [0.25, 0.3) is 0 Å². The summed E-state index contributed by atoms with van der Waals surface area (Å²) in [6, 6.07) is 5.84. The van der Waals surface area contributed by atoms with E-state index in [0.29, 0.717) is 17.5 Å². The van der Waals surface area contributed by atoms with Gasteiger partial charge in [0.2, 0.25) is 0 Å². The van der Waals surface area contributed by atoms with Gasteiger partial charge in [-0.15, -0.1) is 0 Å². The zero-order valence-corrected chi connectivity index (χ0v) is 15.8. The van der Waals surface area contributed by atoms with E-state index >= 15 is 0 Å². The molecule has 1 amide bonds. The summed E-state index contributed by atoms with van der Waals surface area (Å²) in [5.41, 5.74) is 1.59. The summed E-state index contributed by atoms with van der Waals surface area (Å²) in [6.45, 7) is 13.2. The highest BCUT2D eigenvalue weighted by Crippen LogP contribution is 2.26. The normalized spacial score (nSPS) is 12.9. The van der Waals surface area contributed by atoms with Crippen LogP contribution in [-0.2, 0) is 4.74 Å². The number of hydrogen-bond donors (Lipinski definition) is 2. The summed E-state index contributed by atoms with van der Waals surface area (Å²) in [7, 11) is 0. The summed E-state index contributed by atoms with van der Waals surface area (Å²) in [4.78, 5) is 11.8. The van der Waals surface area contributed by atoms with Crippen LogP contribution >= 0.6 is 11.6 Å². The average Bonchev–Trinajstić information content (AvgIpc) is 2.38. The van der Waals surface area contributed by atoms with Crippen molar-refractivity contribution >= 4 is 23.4 Å². The minimum absolute atomic E-state index is 0.276. The quantitative estimate of drug-likeness (QED) is 0.777. The number of carbonyl (C=O) groups is 1. The second kappa shape index (κ2) is 8.44. The highest BCUT2D eigenvalue weighted by molar-refractivity contribution is 6.33. The van der Waals surface area contributed by atoms with Crippen molar-refractivity contribution in [2.75, 3.05) is 18.4 Å². The SMILES string of the molecule is Cc1cccc(Cl)c1NCC(CNC(=O)OC(C)(C)C)C(C)C. The molecule has 1 aromatic rings. The first-order chi connectivity index (χ1) is 10.6. The molecule has 23 heavy (non-hydrogen) atoms. The molecule has 0 aliphatic carbocycles. The van der Waals surface area contributed by atoms with Gasteiger partial charge >= 0.3 is 6.09 Å². The van der Waals surface area contributed by atoms with Crippen LogP contribution in [0.5, 0.6) is 0 Å². The fourth-order valence-corrected chi connectivity index (χ4v) is 2.45. The summed E-state index contributed by atoms with van der Waals surface area (Å²) in [5, 5.41) is 6.98. The third kappa shape index (κ3) is 7.12. The van der Waals surface area contributed by atoms with E-state index in [1.54, 1.807) is 0 Å². The standard InChI is InChI=1S/C18H29ClN2O2/c1-12(2)14(11-21-17(22)23-18(4,5)6)10-20-16-13(3)8-7-9-15(16)19/h7-9,12,14,20H,10-11H2,1-6H3,(H,21,22). The van der Waals surface area contributed by atoms with Crippen LogP contribution in [-0.4, -0.2) is 24.8 Å². The Morgan fingerprint density at radius 3 is 2.43 bits per heavy atom. The zero-order chi connectivity index (χ0) is 17.6. The number of para-hydroxylation sites is 1. The van der Waals surface area contributed by atoms with E-state index in [-0.39, 0.29) is 12.0 Å². The lowest BCUT2D eigenvalue weighted by Crippen LogP contribution is -2.38. The van der Waals surface area contributed by atoms with Crippen molar-refractivity contribution in [2.45, 2.75) is 47.1 Å². The molecule has 5 heteroatoms. The fraction of sp³-hybridized carbons (Fsp3) is 0.611. The van der Waals surface area contributed by atoms with Crippen LogP contribution in [0.1, 0.15) is 40.2 Å². The number of nitrogens with one attached hydrogen (secondary N) is 2. The van der Waals surface area contributed by atoms with Crippen molar-refractivity contribution < 1.29 is 9.53 Å². The van der Waals surface area contributed by atoms with Crippen molar-refractivity contribution in [3.63, 3.8) is 0 Å². The van der Waals surface area contributed by atoms with Gasteiger partial charge < -0.3 is 15.4 Å². The summed E-state index contributed by atoms with van der Waals surface area (Å²) in [6.07, 6.45) is -0.378. The first kappa shape index (κ1) is 19.6. The number of ether oxygens (including phenoxy) is 1. The van der Waals surface area contributed by atoms with Crippen LogP contribution < -0.4 is 10.6 Å². The molecule has 0 spiro atoms. The lowest BCUT2D eigenvalue weighted by atomic mass is 9.95. The van der Waals surface area contributed by atoms with Gasteiger partial charge in [0.15, 0.2) is 0 Å². The summed E-state index contributed by atoms with van der Waals surface area (Å²) < 4.78 is 5.28. The van der Waals surface area contributed by atoms with Gasteiger partial charge in [-0.3, -0.25) is 0 Å². The molecule has 0 fully saturated rings. The van der Waals surface area contributed by atoms with Crippen molar-refractivity contribution in [3.8, 4) is 0 Å². The number of benzene rings is 1. The van der Waals surface area contributed by atoms with Crippen molar-refractivity contribution in [3.05, 3.63) is 28.8 Å². The molecule has 0 bridgehead atoms. The molecular weight excluding hydrogens is 312 g/mol. The van der Waals surface area contributed by atoms with Gasteiger partial charge in [-0.05, 0) is 51.2 Å². The van der Waals surface area contributed by atoms with E-state index in [0.717, 1.165) is 17.8 Å². The van der Waals surface area contributed by atoms with Crippen LogP contribution in [0.2, 0.25) is 5.02 Å². The summed E-state index contributed by atoms with van der Waals surface area (Å²) >= 11 is 6.24. The van der Waals surface area contributed by atoms with E-state index < -0.39 is 5.60 Å². The maximum absolute atomic E-state index is 11.8. The maximum atomic E-state index is 11.8. The largest absolute Gasteiger partial charge is 0.444 e. The Morgan fingerprint density at radius 2 is 1.91 bits per heavy atom. The predicted molar refractivity (Wildman–Crippen MR) is 97.2 cm³/mol. The Bertz CT molecular complexity index is 504. The van der Waals surface area contributed by atoms with Crippen LogP contribution in [0.4, 0.5) is 10.5 Å². The Hall–Kier alpha value is -1.42. The van der Waals surface area contributed by atoms with Gasteiger partial charge in [-0.1, -0.05) is 37.6 Å². The monoisotopic (exact) mass is 340 g/mol. The summed E-state index contributed by atoms with van der Waals surface area (Å²) in [5.74, 6) is 0.693. The molecular formula is C18H29ClN2O2. The fourth-order valence-electron chi connectivity index (χ4n) is 2.16. The number of alkyl carbamates (subject to hydrolysis) is 1. The number of halogens is 1. The average molecular weight is 341 g/mol. The molecule has 1 rings (SSSR count). The third-order valence-corrected chi connectivity index (χ3v) is 3.93. The highest BCUT2D eigenvalue weighted by atomic mass is 35.5. The molecule has 1 atom stereocenters. The van der Waals surface area contributed by atoms with Gasteiger partial charge in [0.25, 0.3) is 0 Å². The van der Waals surface area contributed by atoms with Gasteiger partial charge in [-0.25, -0.2) is 4.79 Å². The zero-order valence-electron chi connectivity index (χ0n) is 15.0. The highest BCUT2D eigenvalue weighted by Gasteiger charge is 2.19. The Balaban J connectivity index is 2.58. The third-order valence-electron chi connectivity index (χ3n) is 3.61.